The Morgan fingerprint density at radius 1 is 1.00 bits per heavy atom. The first-order valence-corrected chi connectivity index (χ1v) is 12.1. The first-order chi connectivity index (χ1) is 14.6. The molecular weight excluding hydrogens is 497 g/mol. The Hall–Kier alpha value is -1.91. The summed E-state index contributed by atoms with van der Waals surface area (Å²) in [5.41, 5.74) is -0.658. The van der Waals surface area contributed by atoms with Crippen molar-refractivity contribution in [3.8, 4) is 0 Å². The standard InChI is InChI=1S/C21H22BrF3N2O3S/c22-16-8-12-19(13-9-16)31(29,30)27(18-4-2-1-3-5-18)14-20(28)26-17-10-6-15(7-11-17)21(23,24)25/h6-13,18H,1-5,14H2,(H,26,28). The van der Waals surface area contributed by atoms with Crippen LogP contribution >= 0.6 is 15.9 Å². The van der Waals surface area contributed by atoms with Gasteiger partial charge in [0.25, 0.3) is 0 Å². The molecule has 0 aromatic heterocycles. The highest BCUT2D eigenvalue weighted by molar-refractivity contribution is 9.10. The molecule has 0 radical (unpaired) electrons. The fraction of sp³-hybridized carbons (Fsp3) is 0.381. The summed E-state index contributed by atoms with van der Waals surface area (Å²) in [5.74, 6) is -0.606. The Labute approximate surface area is 187 Å². The molecule has 3 rings (SSSR count). The molecule has 1 fully saturated rings. The van der Waals surface area contributed by atoms with Crippen LogP contribution in [0.15, 0.2) is 57.9 Å². The normalized spacial score (nSPS) is 15.8. The van der Waals surface area contributed by atoms with Crippen LogP contribution in [-0.4, -0.2) is 31.2 Å². The molecule has 0 atom stereocenters. The third kappa shape index (κ3) is 6.08. The van der Waals surface area contributed by atoms with E-state index in [9.17, 15) is 26.4 Å². The third-order valence-corrected chi connectivity index (χ3v) is 7.64. The average molecular weight is 519 g/mol. The lowest BCUT2D eigenvalue weighted by Gasteiger charge is -2.33. The van der Waals surface area contributed by atoms with Crippen LogP contribution in [0.4, 0.5) is 18.9 Å². The van der Waals surface area contributed by atoms with Gasteiger partial charge in [-0.15, -0.1) is 0 Å². The average Bonchev–Trinajstić information content (AvgIpc) is 2.72. The number of rotatable bonds is 6. The summed E-state index contributed by atoms with van der Waals surface area (Å²) in [4.78, 5) is 12.7. The van der Waals surface area contributed by atoms with E-state index in [1.807, 2.05) is 0 Å². The van der Waals surface area contributed by atoms with Gasteiger partial charge < -0.3 is 5.32 Å². The minimum absolute atomic E-state index is 0.0867. The topological polar surface area (TPSA) is 66.5 Å². The van der Waals surface area contributed by atoms with Crippen molar-refractivity contribution in [2.75, 3.05) is 11.9 Å². The number of nitrogens with zero attached hydrogens (tertiary/aromatic N) is 1. The summed E-state index contributed by atoms with van der Waals surface area (Å²) >= 11 is 3.28. The molecular formula is C21H22BrF3N2O3S. The molecule has 0 saturated heterocycles. The number of sulfonamides is 1. The Balaban J connectivity index is 1.79. The number of hydrogen-bond acceptors (Lipinski definition) is 3. The van der Waals surface area contributed by atoms with Crippen LogP contribution < -0.4 is 5.32 Å². The molecule has 1 N–H and O–H groups in total. The van der Waals surface area contributed by atoms with Crippen molar-refractivity contribution in [3.63, 3.8) is 0 Å². The molecule has 2 aromatic carbocycles. The summed E-state index contributed by atoms with van der Waals surface area (Å²) in [6.07, 6.45) is -0.402. The largest absolute Gasteiger partial charge is 0.416 e. The number of alkyl halides is 3. The zero-order valence-corrected chi connectivity index (χ0v) is 18.9. The second-order valence-electron chi connectivity index (χ2n) is 7.42. The van der Waals surface area contributed by atoms with E-state index in [4.69, 9.17) is 0 Å². The van der Waals surface area contributed by atoms with Crippen LogP contribution in [-0.2, 0) is 21.0 Å². The fourth-order valence-corrected chi connectivity index (χ4v) is 5.51. The quantitative estimate of drug-likeness (QED) is 0.554. The Kier molecular flexibility index (Phi) is 7.43. The number of halogens is 4. The molecule has 0 aliphatic heterocycles. The summed E-state index contributed by atoms with van der Waals surface area (Å²) in [5, 5.41) is 2.50. The van der Waals surface area contributed by atoms with Crippen LogP contribution in [0, 0.1) is 0 Å². The van der Waals surface area contributed by atoms with Gasteiger partial charge in [-0.3, -0.25) is 4.79 Å². The van der Waals surface area contributed by atoms with E-state index in [1.54, 1.807) is 12.1 Å². The molecule has 1 amide bonds. The number of hydrogen-bond donors (Lipinski definition) is 1. The van der Waals surface area contributed by atoms with Crippen molar-refractivity contribution in [2.45, 2.75) is 49.2 Å². The van der Waals surface area contributed by atoms with Crippen molar-refractivity contribution in [3.05, 3.63) is 58.6 Å². The van der Waals surface area contributed by atoms with Gasteiger partial charge >= 0.3 is 6.18 Å². The summed E-state index contributed by atoms with van der Waals surface area (Å²) in [7, 11) is -3.93. The molecule has 5 nitrogen and oxygen atoms in total. The number of benzene rings is 2. The van der Waals surface area contributed by atoms with Crippen molar-refractivity contribution in [1.82, 2.24) is 4.31 Å². The molecule has 0 spiro atoms. The molecule has 1 aliphatic carbocycles. The first-order valence-electron chi connectivity index (χ1n) is 9.82. The minimum Gasteiger partial charge on any atom is -0.325 e. The van der Waals surface area contributed by atoms with Gasteiger partial charge in [-0.25, -0.2) is 8.42 Å². The van der Waals surface area contributed by atoms with Crippen LogP contribution in [0.3, 0.4) is 0 Å². The van der Waals surface area contributed by atoms with Gasteiger partial charge in [0.15, 0.2) is 0 Å². The second-order valence-corrected chi connectivity index (χ2v) is 10.2. The molecule has 0 unspecified atom stereocenters. The minimum atomic E-state index is -4.47. The van der Waals surface area contributed by atoms with E-state index in [2.05, 4.69) is 21.2 Å². The lowest BCUT2D eigenvalue weighted by Crippen LogP contribution is -2.45. The van der Waals surface area contributed by atoms with E-state index >= 15 is 0 Å². The van der Waals surface area contributed by atoms with Crippen molar-refractivity contribution in [2.24, 2.45) is 0 Å². The Morgan fingerprint density at radius 2 is 1.58 bits per heavy atom. The maximum atomic E-state index is 13.3. The number of amides is 1. The highest BCUT2D eigenvalue weighted by Gasteiger charge is 2.34. The zero-order valence-electron chi connectivity index (χ0n) is 16.5. The SMILES string of the molecule is O=C(CN(C1CCCCC1)S(=O)(=O)c1ccc(Br)cc1)Nc1ccc(C(F)(F)F)cc1. The van der Waals surface area contributed by atoms with E-state index < -0.39 is 34.2 Å². The first kappa shape index (κ1) is 23.7. The highest BCUT2D eigenvalue weighted by Crippen LogP contribution is 2.30. The molecule has 0 heterocycles. The number of nitrogens with one attached hydrogen (secondary N) is 1. The van der Waals surface area contributed by atoms with E-state index in [0.717, 1.165) is 48.0 Å². The van der Waals surface area contributed by atoms with Crippen LogP contribution in [0.1, 0.15) is 37.7 Å². The van der Waals surface area contributed by atoms with Gasteiger partial charge in [-0.1, -0.05) is 35.2 Å². The van der Waals surface area contributed by atoms with Gasteiger partial charge in [0.2, 0.25) is 15.9 Å². The van der Waals surface area contributed by atoms with Crippen LogP contribution in [0.25, 0.3) is 0 Å². The van der Waals surface area contributed by atoms with Crippen molar-refractivity contribution < 1.29 is 26.4 Å². The second kappa shape index (κ2) is 9.70. The zero-order chi connectivity index (χ0) is 22.6. The van der Waals surface area contributed by atoms with Crippen molar-refractivity contribution in [1.29, 1.82) is 0 Å². The molecule has 10 heteroatoms. The van der Waals surface area contributed by atoms with E-state index in [-0.39, 0.29) is 16.6 Å². The van der Waals surface area contributed by atoms with Crippen molar-refractivity contribution >= 4 is 37.5 Å². The number of carbonyl (C=O) groups is 1. The van der Waals surface area contributed by atoms with E-state index in [1.165, 1.54) is 16.4 Å². The third-order valence-electron chi connectivity index (χ3n) is 5.20. The monoisotopic (exact) mass is 518 g/mol. The lowest BCUT2D eigenvalue weighted by atomic mass is 9.95. The lowest BCUT2D eigenvalue weighted by molar-refractivity contribution is -0.137. The van der Waals surface area contributed by atoms with Gasteiger partial charge in [0.05, 0.1) is 17.0 Å². The van der Waals surface area contributed by atoms with Crippen LogP contribution in [0.2, 0.25) is 0 Å². The molecule has 2 aromatic rings. The summed E-state index contributed by atoms with van der Waals surface area (Å²) in [6.45, 7) is -0.413. The smallest absolute Gasteiger partial charge is 0.325 e. The Morgan fingerprint density at radius 3 is 2.13 bits per heavy atom. The highest BCUT2D eigenvalue weighted by atomic mass is 79.9. The maximum Gasteiger partial charge on any atom is 0.416 e. The summed E-state index contributed by atoms with van der Waals surface area (Å²) in [6, 6.07) is 9.92. The van der Waals surface area contributed by atoms with Gasteiger partial charge in [-0.2, -0.15) is 17.5 Å². The number of carbonyl (C=O) groups excluding carboxylic acids is 1. The predicted octanol–water partition coefficient (Wildman–Crippen LogP) is 5.43. The molecule has 1 aliphatic rings. The molecule has 31 heavy (non-hydrogen) atoms. The van der Waals surface area contributed by atoms with Gasteiger partial charge in [-0.05, 0) is 61.4 Å². The molecule has 168 valence electrons. The molecule has 0 bridgehead atoms. The summed E-state index contributed by atoms with van der Waals surface area (Å²) < 4.78 is 66.7. The molecule has 1 saturated carbocycles. The fourth-order valence-electron chi connectivity index (χ4n) is 3.61. The maximum absolute atomic E-state index is 13.3. The Bertz CT molecular complexity index is 1000. The number of anilines is 1. The van der Waals surface area contributed by atoms with Crippen LogP contribution in [0.5, 0.6) is 0 Å². The predicted molar refractivity (Wildman–Crippen MR) is 115 cm³/mol. The van der Waals surface area contributed by atoms with Gasteiger partial charge in [0.1, 0.15) is 0 Å². The van der Waals surface area contributed by atoms with Gasteiger partial charge in [0, 0.05) is 16.2 Å². The van der Waals surface area contributed by atoms with E-state index in [0.29, 0.717) is 12.8 Å².